The third-order valence-electron chi connectivity index (χ3n) is 16.9. The Morgan fingerprint density at radius 3 is 0.513 bits per heavy atom. The quantitative estimate of drug-likeness (QED) is 0.0343. The smallest absolute Gasteiger partial charge is 0.306 e. The molecule has 0 heterocycles. The van der Waals surface area contributed by atoms with Crippen molar-refractivity contribution in [3.05, 3.63) is 0 Å². The molecule has 1 unspecified atom stereocenters. The highest BCUT2D eigenvalue weighted by Crippen LogP contribution is 2.20. The molecule has 0 saturated carbocycles. The van der Waals surface area contributed by atoms with E-state index < -0.39 is 6.10 Å². The number of carbonyl (C=O) groups is 3. The molecule has 0 spiro atoms. The van der Waals surface area contributed by atoms with E-state index in [1.165, 1.54) is 327 Å². The molecular weight excluding hydrogens is 961 g/mol. The van der Waals surface area contributed by atoms with E-state index in [1.54, 1.807) is 0 Å². The van der Waals surface area contributed by atoms with Crippen molar-refractivity contribution in [1.82, 2.24) is 0 Å². The lowest BCUT2D eigenvalue weighted by Crippen LogP contribution is -2.30. The lowest BCUT2D eigenvalue weighted by Gasteiger charge is -2.18. The molecule has 0 aromatic rings. The number of rotatable bonds is 68. The molecule has 0 aliphatic carbocycles. The number of ether oxygens (including phenoxy) is 3. The molecule has 0 radical (unpaired) electrons. The summed E-state index contributed by atoms with van der Waals surface area (Å²) in [5, 5.41) is 0. The summed E-state index contributed by atoms with van der Waals surface area (Å²) in [6, 6.07) is 0. The SMILES string of the molecule is CCCCCCCCCCCCCCCCCCCCCCCCCCCCC(=O)OCC(COC(=O)CCCCCCCCCCCCCCCCC)OC(=O)CCCCCCCCCCCCCCCCCCCCC. The molecule has 6 heteroatoms. The van der Waals surface area contributed by atoms with E-state index in [9.17, 15) is 14.4 Å². The van der Waals surface area contributed by atoms with Gasteiger partial charge in [0.2, 0.25) is 0 Å². The van der Waals surface area contributed by atoms with Crippen molar-refractivity contribution >= 4 is 17.9 Å². The molecule has 0 fully saturated rings. The molecule has 464 valence electrons. The Labute approximate surface area is 488 Å². The highest BCUT2D eigenvalue weighted by atomic mass is 16.6. The summed E-state index contributed by atoms with van der Waals surface area (Å²) in [5.41, 5.74) is 0. The fourth-order valence-electron chi connectivity index (χ4n) is 11.5. The number of unbranched alkanes of at least 4 members (excludes halogenated alkanes) is 57. The molecule has 0 amide bonds. The van der Waals surface area contributed by atoms with Gasteiger partial charge >= 0.3 is 17.9 Å². The van der Waals surface area contributed by atoms with Gasteiger partial charge in [0.1, 0.15) is 13.2 Å². The van der Waals surface area contributed by atoms with Gasteiger partial charge in [-0.15, -0.1) is 0 Å². The lowest BCUT2D eigenvalue weighted by molar-refractivity contribution is -0.167. The Hall–Kier alpha value is -1.59. The first kappa shape index (κ1) is 76.4. The van der Waals surface area contributed by atoms with Gasteiger partial charge in [-0.2, -0.15) is 0 Å². The van der Waals surface area contributed by atoms with E-state index in [1.807, 2.05) is 0 Å². The molecule has 6 nitrogen and oxygen atoms in total. The Morgan fingerprint density at radius 2 is 0.346 bits per heavy atom. The first-order chi connectivity index (χ1) is 38.5. The molecule has 78 heavy (non-hydrogen) atoms. The van der Waals surface area contributed by atoms with Crippen LogP contribution in [-0.2, 0) is 28.6 Å². The van der Waals surface area contributed by atoms with Crippen molar-refractivity contribution in [2.45, 2.75) is 431 Å². The average Bonchev–Trinajstić information content (AvgIpc) is 3.44. The van der Waals surface area contributed by atoms with E-state index >= 15 is 0 Å². The second kappa shape index (κ2) is 67.9. The summed E-state index contributed by atoms with van der Waals surface area (Å²) in [4.78, 5) is 38.4. The van der Waals surface area contributed by atoms with Gasteiger partial charge in [-0.1, -0.05) is 387 Å². The number of hydrogen-bond donors (Lipinski definition) is 0. The number of hydrogen-bond acceptors (Lipinski definition) is 6. The van der Waals surface area contributed by atoms with Gasteiger partial charge in [0.15, 0.2) is 6.10 Å². The maximum absolute atomic E-state index is 12.9. The third kappa shape index (κ3) is 65.2. The predicted octanol–water partition coefficient (Wildman–Crippen LogP) is 24.6. The van der Waals surface area contributed by atoms with Crippen LogP contribution >= 0.6 is 0 Å². The van der Waals surface area contributed by atoms with Gasteiger partial charge in [0.05, 0.1) is 0 Å². The minimum Gasteiger partial charge on any atom is -0.462 e. The van der Waals surface area contributed by atoms with Crippen molar-refractivity contribution < 1.29 is 28.6 Å². The van der Waals surface area contributed by atoms with E-state index in [-0.39, 0.29) is 31.1 Å². The number of carbonyl (C=O) groups excluding carboxylic acids is 3. The van der Waals surface area contributed by atoms with Gasteiger partial charge in [-0.05, 0) is 19.3 Å². The van der Waals surface area contributed by atoms with Crippen LogP contribution in [0.15, 0.2) is 0 Å². The molecule has 0 saturated heterocycles. The summed E-state index contributed by atoms with van der Waals surface area (Å²) >= 11 is 0. The zero-order valence-corrected chi connectivity index (χ0v) is 53.5. The van der Waals surface area contributed by atoms with Gasteiger partial charge < -0.3 is 14.2 Å². The second-order valence-electron chi connectivity index (χ2n) is 24.9. The van der Waals surface area contributed by atoms with Gasteiger partial charge in [-0.3, -0.25) is 14.4 Å². The van der Waals surface area contributed by atoms with Gasteiger partial charge in [0, 0.05) is 19.3 Å². The van der Waals surface area contributed by atoms with Crippen molar-refractivity contribution in [2.75, 3.05) is 13.2 Å². The van der Waals surface area contributed by atoms with Crippen molar-refractivity contribution in [3.8, 4) is 0 Å². The van der Waals surface area contributed by atoms with Crippen LogP contribution in [-0.4, -0.2) is 37.2 Å². The summed E-state index contributed by atoms with van der Waals surface area (Å²) in [6.45, 7) is 6.75. The molecule has 1 atom stereocenters. The monoisotopic (exact) mass is 1100 g/mol. The number of esters is 3. The van der Waals surface area contributed by atoms with Crippen molar-refractivity contribution in [2.24, 2.45) is 0 Å². The van der Waals surface area contributed by atoms with Crippen LogP contribution in [0.3, 0.4) is 0 Å². The largest absolute Gasteiger partial charge is 0.462 e. The first-order valence-corrected chi connectivity index (χ1v) is 36.0. The molecule has 0 aliphatic rings. The molecule has 0 rings (SSSR count). The van der Waals surface area contributed by atoms with E-state index in [0.717, 1.165) is 57.8 Å². The maximum Gasteiger partial charge on any atom is 0.306 e. The topological polar surface area (TPSA) is 78.9 Å². The highest BCUT2D eigenvalue weighted by Gasteiger charge is 2.20. The van der Waals surface area contributed by atoms with Crippen molar-refractivity contribution in [1.29, 1.82) is 0 Å². The van der Waals surface area contributed by atoms with E-state index in [4.69, 9.17) is 14.2 Å². The minimum absolute atomic E-state index is 0.0600. The lowest BCUT2D eigenvalue weighted by atomic mass is 10.0. The molecule has 0 N–H and O–H groups in total. The van der Waals surface area contributed by atoms with Crippen LogP contribution in [0.5, 0.6) is 0 Å². The summed E-state index contributed by atoms with van der Waals surface area (Å²) < 4.78 is 17.0. The zero-order chi connectivity index (χ0) is 56.4. The fraction of sp³-hybridized carbons (Fsp3) is 0.958. The van der Waals surface area contributed by atoms with Gasteiger partial charge in [-0.25, -0.2) is 0 Å². The second-order valence-corrected chi connectivity index (χ2v) is 24.9. The average molecular weight is 1100 g/mol. The highest BCUT2D eigenvalue weighted by molar-refractivity contribution is 5.71. The van der Waals surface area contributed by atoms with Crippen molar-refractivity contribution in [3.63, 3.8) is 0 Å². The van der Waals surface area contributed by atoms with Crippen LogP contribution in [0.4, 0.5) is 0 Å². The van der Waals surface area contributed by atoms with Crippen LogP contribution in [0.1, 0.15) is 425 Å². The Balaban J connectivity index is 4.20. The zero-order valence-electron chi connectivity index (χ0n) is 53.5. The van der Waals surface area contributed by atoms with Crippen LogP contribution in [0.2, 0.25) is 0 Å². The fourth-order valence-corrected chi connectivity index (χ4v) is 11.5. The van der Waals surface area contributed by atoms with E-state index in [0.29, 0.717) is 19.3 Å². The Morgan fingerprint density at radius 1 is 0.205 bits per heavy atom. The van der Waals surface area contributed by atoms with Crippen LogP contribution < -0.4 is 0 Å². The molecular formula is C72H140O6. The standard InChI is InChI=1S/C72H140O6/c1-4-7-10-13-16-19-22-25-28-30-32-33-34-35-36-37-38-40-41-44-47-50-53-56-59-62-65-71(74)77-68-69(67-76-70(73)64-61-58-55-52-49-46-43-27-24-21-18-15-12-9-6-3)78-72(75)66-63-60-57-54-51-48-45-42-39-31-29-26-23-20-17-14-11-8-5-2/h69H,4-68H2,1-3H3. The summed E-state index contributed by atoms with van der Waals surface area (Å²) in [7, 11) is 0. The summed E-state index contributed by atoms with van der Waals surface area (Å²) in [5.74, 6) is -0.818. The molecule has 0 aliphatic heterocycles. The summed E-state index contributed by atoms with van der Waals surface area (Å²) in [6.07, 6.45) is 79.9. The minimum atomic E-state index is -0.763. The Bertz CT molecular complexity index is 1170. The maximum atomic E-state index is 12.9. The third-order valence-corrected chi connectivity index (χ3v) is 16.9. The first-order valence-electron chi connectivity index (χ1n) is 36.0. The Kier molecular flexibility index (Phi) is 66.5. The predicted molar refractivity (Wildman–Crippen MR) is 340 cm³/mol. The molecule has 0 bridgehead atoms. The van der Waals surface area contributed by atoms with E-state index in [2.05, 4.69) is 20.8 Å². The van der Waals surface area contributed by atoms with Crippen LogP contribution in [0.25, 0.3) is 0 Å². The van der Waals surface area contributed by atoms with Gasteiger partial charge in [0.25, 0.3) is 0 Å². The van der Waals surface area contributed by atoms with Crippen LogP contribution in [0, 0.1) is 0 Å². The molecule has 0 aromatic heterocycles. The normalized spacial score (nSPS) is 11.9. The molecule has 0 aromatic carbocycles.